The van der Waals surface area contributed by atoms with E-state index in [2.05, 4.69) is 56.7 Å². The smallest absolute Gasteiger partial charge is 0.319 e. The van der Waals surface area contributed by atoms with Crippen LogP contribution in [0.15, 0.2) is 48.8 Å². The van der Waals surface area contributed by atoms with Crippen molar-refractivity contribution in [3.63, 3.8) is 0 Å². The van der Waals surface area contributed by atoms with Crippen molar-refractivity contribution in [3.8, 4) is 0 Å². The number of likely N-dealkylation sites (N-methyl/N-ethyl adjacent to an activating group) is 1. The molecule has 1 aromatic carbocycles. The molecule has 3 rings (SSSR count). The van der Waals surface area contributed by atoms with E-state index in [9.17, 15) is 4.79 Å². The average Bonchev–Trinajstić information content (AvgIpc) is 2.64. The highest BCUT2D eigenvalue weighted by molar-refractivity contribution is 5.88. The second-order valence-electron chi connectivity index (χ2n) is 6.45. The molecule has 0 aliphatic carbocycles. The summed E-state index contributed by atoms with van der Waals surface area (Å²) >= 11 is 0. The Morgan fingerprint density at radius 3 is 2.48 bits per heavy atom. The molecule has 2 amide bonds. The minimum absolute atomic E-state index is 0.227. The fourth-order valence-corrected chi connectivity index (χ4v) is 2.82. The van der Waals surface area contributed by atoms with Crippen LogP contribution in [0.5, 0.6) is 0 Å². The van der Waals surface area contributed by atoms with Crippen LogP contribution in [0.2, 0.25) is 0 Å². The van der Waals surface area contributed by atoms with Gasteiger partial charge in [0, 0.05) is 45.5 Å². The zero-order valence-corrected chi connectivity index (χ0v) is 14.6. The molecule has 0 spiro atoms. The normalized spacial score (nSPS) is 15.7. The number of anilines is 1. The van der Waals surface area contributed by atoms with E-state index in [0.717, 1.165) is 38.3 Å². The summed E-state index contributed by atoms with van der Waals surface area (Å²) < 4.78 is 0. The molecule has 1 fully saturated rings. The Morgan fingerprint density at radius 1 is 1.08 bits per heavy atom. The largest absolute Gasteiger partial charge is 0.334 e. The van der Waals surface area contributed by atoms with Crippen LogP contribution in [0.3, 0.4) is 0 Å². The maximum absolute atomic E-state index is 11.9. The van der Waals surface area contributed by atoms with Crippen molar-refractivity contribution < 1.29 is 4.79 Å². The Morgan fingerprint density at radius 2 is 1.80 bits per heavy atom. The predicted octanol–water partition coefficient (Wildman–Crippen LogP) is 2.15. The summed E-state index contributed by atoms with van der Waals surface area (Å²) in [6, 6.07) is 11.8. The molecule has 1 aliphatic rings. The van der Waals surface area contributed by atoms with Gasteiger partial charge in [0.25, 0.3) is 0 Å². The molecule has 2 heterocycles. The summed E-state index contributed by atoms with van der Waals surface area (Å²) in [7, 11) is 2.17. The third kappa shape index (κ3) is 5.55. The van der Waals surface area contributed by atoms with Gasteiger partial charge in [0.15, 0.2) is 0 Å². The van der Waals surface area contributed by atoms with Gasteiger partial charge in [-0.2, -0.15) is 0 Å². The highest BCUT2D eigenvalue weighted by Crippen LogP contribution is 2.10. The van der Waals surface area contributed by atoms with Gasteiger partial charge in [0.2, 0.25) is 0 Å². The van der Waals surface area contributed by atoms with Crippen LogP contribution in [0, 0.1) is 0 Å². The van der Waals surface area contributed by atoms with Crippen LogP contribution in [-0.4, -0.2) is 54.0 Å². The second kappa shape index (κ2) is 8.60. The number of hydrogen-bond donors (Lipinski definition) is 2. The Balaban J connectivity index is 1.43. The molecular weight excluding hydrogens is 314 g/mol. The fraction of sp³-hybridized carbons (Fsp3) is 0.368. The zero-order valence-electron chi connectivity index (χ0n) is 14.6. The summed E-state index contributed by atoms with van der Waals surface area (Å²) in [6.45, 7) is 5.99. The second-order valence-corrected chi connectivity index (χ2v) is 6.45. The molecule has 1 aromatic heterocycles. The summed E-state index contributed by atoms with van der Waals surface area (Å²) in [6.07, 6.45) is 3.29. The number of carbonyl (C=O) groups is 1. The van der Waals surface area contributed by atoms with Crippen LogP contribution in [0.25, 0.3) is 0 Å². The third-order valence-corrected chi connectivity index (χ3v) is 4.40. The fourth-order valence-electron chi connectivity index (χ4n) is 2.82. The van der Waals surface area contributed by atoms with Gasteiger partial charge < -0.3 is 15.5 Å². The molecule has 0 bridgehead atoms. The highest BCUT2D eigenvalue weighted by atomic mass is 16.2. The molecule has 2 aromatic rings. The molecular formula is C19H25N5O. The van der Waals surface area contributed by atoms with Crippen molar-refractivity contribution >= 4 is 11.7 Å². The number of aromatic nitrogens is 1. The SMILES string of the molecule is CN1CCN(Cc2ccc(CNC(=O)Nc3cccnc3)cc2)CC1. The number of benzene rings is 1. The van der Waals surface area contributed by atoms with E-state index in [0.29, 0.717) is 12.2 Å². The molecule has 0 radical (unpaired) electrons. The number of piperazine rings is 1. The Labute approximate surface area is 148 Å². The van der Waals surface area contributed by atoms with Crippen LogP contribution >= 0.6 is 0 Å². The monoisotopic (exact) mass is 339 g/mol. The van der Waals surface area contributed by atoms with Crippen LogP contribution in [0.1, 0.15) is 11.1 Å². The third-order valence-electron chi connectivity index (χ3n) is 4.40. The van der Waals surface area contributed by atoms with Crippen molar-refractivity contribution in [2.75, 3.05) is 38.5 Å². The molecule has 0 unspecified atom stereocenters. The first-order valence-corrected chi connectivity index (χ1v) is 8.62. The van der Waals surface area contributed by atoms with Crippen molar-refractivity contribution in [2.24, 2.45) is 0 Å². The predicted molar refractivity (Wildman–Crippen MR) is 99.3 cm³/mol. The lowest BCUT2D eigenvalue weighted by Crippen LogP contribution is -2.43. The standard InChI is InChI=1S/C19H25N5O/c1-23-9-11-24(12-10-23)15-17-6-4-16(5-7-17)13-21-19(25)22-18-3-2-8-20-14-18/h2-8,14H,9-13,15H2,1H3,(H2,21,22,25). The van der Waals surface area contributed by atoms with Crippen LogP contribution in [-0.2, 0) is 13.1 Å². The molecule has 6 nitrogen and oxygen atoms in total. The lowest BCUT2D eigenvalue weighted by atomic mass is 10.1. The van der Waals surface area contributed by atoms with Gasteiger partial charge in [-0.05, 0) is 30.3 Å². The number of rotatable bonds is 5. The van der Waals surface area contributed by atoms with E-state index in [-0.39, 0.29) is 6.03 Å². The zero-order chi connectivity index (χ0) is 17.5. The van der Waals surface area contributed by atoms with Crippen molar-refractivity contribution in [3.05, 3.63) is 59.9 Å². The highest BCUT2D eigenvalue weighted by Gasteiger charge is 2.13. The Bertz CT molecular complexity index is 666. The molecule has 25 heavy (non-hydrogen) atoms. The first-order valence-electron chi connectivity index (χ1n) is 8.62. The Hall–Kier alpha value is -2.44. The molecule has 2 N–H and O–H groups in total. The molecule has 132 valence electrons. The molecule has 0 atom stereocenters. The van der Waals surface area contributed by atoms with Crippen molar-refractivity contribution in [1.29, 1.82) is 0 Å². The number of amides is 2. The number of carbonyl (C=O) groups excluding carboxylic acids is 1. The minimum atomic E-state index is -0.227. The lowest BCUT2D eigenvalue weighted by molar-refractivity contribution is 0.148. The maximum atomic E-state index is 11.9. The van der Waals surface area contributed by atoms with Gasteiger partial charge in [0.1, 0.15) is 0 Å². The number of nitrogens with zero attached hydrogens (tertiary/aromatic N) is 3. The number of pyridine rings is 1. The quantitative estimate of drug-likeness (QED) is 0.876. The van der Waals surface area contributed by atoms with Gasteiger partial charge in [-0.25, -0.2) is 4.79 Å². The van der Waals surface area contributed by atoms with Crippen LogP contribution < -0.4 is 10.6 Å². The van der Waals surface area contributed by atoms with Crippen molar-refractivity contribution in [2.45, 2.75) is 13.1 Å². The van der Waals surface area contributed by atoms with Gasteiger partial charge in [0.05, 0.1) is 11.9 Å². The van der Waals surface area contributed by atoms with Gasteiger partial charge in [-0.15, -0.1) is 0 Å². The molecule has 6 heteroatoms. The lowest BCUT2D eigenvalue weighted by Gasteiger charge is -2.32. The average molecular weight is 339 g/mol. The molecule has 1 aliphatic heterocycles. The van der Waals surface area contributed by atoms with Gasteiger partial charge in [-0.1, -0.05) is 24.3 Å². The summed E-state index contributed by atoms with van der Waals surface area (Å²) in [5.41, 5.74) is 3.08. The first-order chi connectivity index (χ1) is 12.2. The number of nitrogens with one attached hydrogen (secondary N) is 2. The van der Waals surface area contributed by atoms with Gasteiger partial charge >= 0.3 is 6.03 Å². The minimum Gasteiger partial charge on any atom is -0.334 e. The first kappa shape index (κ1) is 17.4. The summed E-state index contributed by atoms with van der Waals surface area (Å²) in [5.74, 6) is 0. The maximum Gasteiger partial charge on any atom is 0.319 e. The van der Waals surface area contributed by atoms with E-state index < -0.39 is 0 Å². The summed E-state index contributed by atoms with van der Waals surface area (Å²) in [4.78, 5) is 20.7. The van der Waals surface area contributed by atoms with E-state index in [1.807, 2.05) is 0 Å². The Kier molecular flexibility index (Phi) is 5.98. The van der Waals surface area contributed by atoms with Gasteiger partial charge in [-0.3, -0.25) is 9.88 Å². The van der Waals surface area contributed by atoms with Crippen LogP contribution in [0.4, 0.5) is 10.5 Å². The molecule has 0 saturated carbocycles. The summed E-state index contributed by atoms with van der Waals surface area (Å²) in [5, 5.41) is 5.62. The van der Waals surface area contributed by atoms with E-state index >= 15 is 0 Å². The van der Waals surface area contributed by atoms with Crippen molar-refractivity contribution in [1.82, 2.24) is 20.1 Å². The molecule has 1 saturated heterocycles. The van der Waals surface area contributed by atoms with E-state index in [4.69, 9.17) is 0 Å². The number of hydrogen-bond acceptors (Lipinski definition) is 4. The number of urea groups is 1. The van der Waals surface area contributed by atoms with E-state index in [1.165, 1.54) is 5.56 Å². The van der Waals surface area contributed by atoms with E-state index in [1.54, 1.807) is 24.5 Å². The topological polar surface area (TPSA) is 60.5 Å².